The van der Waals surface area contributed by atoms with Gasteiger partial charge in [0.05, 0.1) is 13.1 Å². The predicted octanol–water partition coefficient (Wildman–Crippen LogP) is 2.75. The first kappa shape index (κ1) is 23.9. The second-order valence-corrected chi connectivity index (χ2v) is 7.97. The van der Waals surface area contributed by atoms with Gasteiger partial charge in [0.15, 0.2) is 0 Å². The summed E-state index contributed by atoms with van der Waals surface area (Å²) in [6, 6.07) is 10.3. The molecular formula is C21H33Cl2N5O. The van der Waals surface area contributed by atoms with Crippen LogP contribution in [0.1, 0.15) is 43.5 Å². The standard InChI is InChI=1S/C21H31N5O.2ClH/c1-2-24-13-10-18(14-24)16-26-21(27)25(15-17-6-4-3-5-7-17)20(23-26)19-8-11-22-12-9-19;;/h3-7,18-19,22H,2,8-16H2,1H3;2*1H. The Labute approximate surface area is 185 Å². The molecule has 2 aliphatic rings. The van der Waals surface area contributed by atoms with Crippen LogP contribution in [-0.2, 0) is 13.1 Å². The van der Waals surface area contributed by atoms with Gasteiger partial charge in [0.1, 0.15) is 5.82 Å². The lowest BCUT2D eigenvalue weighted by Gasteiger charge is -2.22. The van der Waals surface area contributed by atoms with Crippen molar-refractivity contribution in [1.29, 1.82) is 0 Å². The number of nitrogens with one attached hydrogen (secondary N) is 1. The number of aromatic nitrogens is 3. The van der Waals surface area contributed by atoms with E-state index in [4.69, 9.17) is 5.10 Å². The molecule has 2 aliphatic heterocycles. The van der Waals surface area contributed by atoms with E-state index >= 15 is 0 Å². The monoisotopic (exact) mass is 441 g/mol. The third kappa shape index (κ3) is 5.63. The Morgan fingerprint density at radius 3 is 2.48 bits per heavy atom. The number of benzene rings is 1. The largest absolute Gasteiger partial charge is 0.346 e. The van der Waals surface area contributed by atoms with Crippen molar-refractivity contribution in [3.63, 3.8) is 0 Å². The van der Waals surface area contributed by atoms with Crippen molar-refractivity contribution in [1.82, 2.24) is 24.6 Å². The Morgan fingerprint density at radius 2 is 1.83 bits per heavy atom. The molecule has 0 aliphatic carbocycles. The molecule has 3 heterocycles. The van der Waals surface area contributed by atoms with Crippen LogP contribution in [0.5, 0.6) is 0 Å². The van der Waals surface area contributed by atoms with Crippen molar-refractivity contribution >= 4 is 24.8 Å². The summed E-state index contributed by atoms with van der Waals surface area (Å²) < 4.78 is 3.68. The fourth-order valence-electron chi connectivity index (χ4n) is 4.47. The lowest BCUT2D eigenvalue weighted by atomic mass is 9.97. The first-order valence-corrected chi connectivity index (χ1v) is 10.4. The molecule has 0 amide bonds. The Hall–Kier alpha value is -1.34. The van der Waals surface area contributed by atoms with Crippen molar-refractivity contribution in [2.24, 2.45) is 5.92 Å². The molecule has 1 aromatic heterocycles. The highest BCUT2D eigenvalue weighted by Gasteiger charge is 2.27. The van der Waals surface area contributed by atoms with E-state index in [2.05, 4.69) is 29.3 Å². The molecule has 1 N–H and O–H groups in total. The molecule has 29 heavy (non-hydrogen) atoms. The van der Waals surface area contributed by atoms with Crippen molar-refractivity contribution in [3.8, 4) is 0 Å². The Kier molecular flexibility index (Phi) is 9.21. The third-order valence-corrected chi connectivity index (χ3v) is 6.09. The summed E-state index contributed by atoms with van der Waals surface area (Å²) in [7, 11) is 0. The fraction of sp³-hybridized carbons (Fsp3) is 0.619. The van der Waals surface area contributed by atoms with Crippen molar-refractivity contribution in [3.05, 3.63) is 52.2 Å². The van der Waals surface area contributed by atoms with Gasteiger partial charge < -0.3 is 10.2 Å². The van der Waals surface area contributed by atoms with Crippen LogP contribution in [0.3, 0.4) is 0 Å². The van der Waals surface area contributed by atoms with Gasteiger partial charge in [0, 0.05) is 12.5 Å². The molecule has 0 radical (unpaired) electrons. The molecule has 8 heteroatoms. The van der Waals surface area contributed by atoms with Gasteiger partial charge in [-0.2, -0.15) is 5.10 Å². The van der Waals surface area contributed by atoms with Crippen molar-refractivity contribution < 1.29 is 0 Å². The summed E-state index contributed by atoms with van der Waals surface area (Å²) in [5, 5.41) is 8.28. The Balaban J connectivity index is 0.00000150. The van der Waals surface area contributed by atoms with E-state index in [1.807, 2.05) is 22.8 Å². The van der Waals surface area contributed by atoms with Crippen LogP contribution in [0.15, 0.2) is 35.1 Å². The highest BCUT2D eigenvalue weighted by atomic mass is 35.5. The molecular weight excluding hydrogens is 409 g/mol. The average Bonchev–Trinajstić information content (AvgIpc) is 3.29. The van der Waals surface area contributed by atoms with Crippen LogP contribution in [0.4, 0.5) is 0 Å². The van der Waals surface area contributed by atoms with Crippen LogP contribution >= 0.6 is 24.8 Å². The first-order valence-electron chi connectivity index (χ1n) is 10.4. The van der Waals surface area contributed by atoms with Crippen LogP contribution in [0.2, 0.25) is 0 Å². The molecule has 4 rings (SSSR count). The minimum absolute atomic E-state index is 0. The Morgan fingerprint density at radius 1 is 1.10 bits per heavy atom. The molecule has 1 atom stereocenters. The van der Waals surface area contributed by atoms with Crippen molar-refractivity contribution in [2.45, 2.75) is 45.2 Å². The fourth-order valence-corrected chi connectivity index (χ4v) is 4.47. The van der Waals surface area contributed by atoms with Gasteiger partial charge in [-0.05, 0) is 56.9 Å². The number of hydrogen-bond acceptors (Lipinski definition) is 4. The van der Waals surface area contributed by atoms with Gasteiger partial charge in [-0.3, -0.25) is 4.57 Å². The maximum absolute atomic E-state index is 13.2. The van der Waals surface area contributed by atoms with Gasteiger partial charge in [-0.25, -0.2) is 9.48 Å². The predicted molar refractivity (Wildman–Crippen MR) is 122 cm³/mol. The smallest absolute Gasteiger partial charge is 0.317 e. The highest BCUT2D eigenvalue weighted by molar-refractivity contribution is 5.85. The lowest BCUT2D eigenvalue weighted by molar-refractivity contribution is 0.326. The van der Waals surface area contributed by atoms with E-state index in [9.17, 15) is 4.79 Å². The number of likely N-dealkylation sites (tertiary alicyclic amines) is 1. The minimum atomic E-state index is 0. The van der Waals surface area contributed by atoms with Gasteiger partial charge >= 0.3 is 5.69 Å². The summed E-state index contributed by atoms with van der Waals surface area (Å²) in [4.78, 5) is 15.7. The quantitative estimate of drug-likeness (QED) is 0.748. The normalized spacial score (nSPS) is 20.2. The second-order valence-electron chi connectivity index (χ2n) is 7.97. The number of halogens is 2. The molecule has 6 nitrogen and oxygen atoms in total. The molecule has 0 spiro atoms. The topological polar surface area (TPSA) is 55.1 Å². The van der Waals surface area contributed by atoms with E-state index in [1.165, 1.54) is 0 Å². The van der Waals surface area contributed by atoms with Crippen LogP contribution in [-0.4, -0.2) is 52.0 Å². The van der Waals surface area contributed by atoms with Crippen molar-refractivity contribution in [2.75, 3.05) is 32.7 Å². The zero-order valence-electron chi connectivity index (χ0n) is 17.1. The SMILES string of the molecule is CCN1CCC(Cn2nc(C3CCNCC3)n(Cc3ccccc3)c2=O)C1.Cl.Cl. The van der Waals surface area contributed by atoms with Crippen LogP contribution in [0.25, 0.3) is 0 Å². The van der Waals surface area contributed by atoms with E-state index in [0.717, 1.165) is 69.9 Å². The average molecular weight is 442 g/mol. The van der Waals surface area contributed by atoms with Crippen LogP contribution in [0, 0.1) is 5.92 Å². The maximum Gasteiger partial charge on any atom is 0.346 e. The maximum atomic E-state index is 13.2. The number of nitrogens with zero attached hydrogens (tertiary/aromatic N) is 4. The van der Waals surface area contributed by atoms with E-state index in [0.29, 0.717) is 18.4 Å². The molecule has 1 aromatic carbocycles. The molecule has 2 saturated heterocycles. The zero-order valence-corrected chi connectivity index (χ0v) is 18.8. The van der Waals surface area contributed by atoms with Gasteiger partial charge in [0.2, 0.25) is 0 Å². The zero-order chi connectivity index (χ0) is 18.6. The minimum Gasteiger partial charge on any atom is -0.317 e. The summed E-state index contributed by atoms with van der Waals surface area (Å²) in [5.41, 5.74) is 1.22. The van der Waals surface area contributed by atoms with Crippen LogP contribution < -0.4 is 11.0 Å². The van der Waals surface area contributed by atoms with E-state index in [1.54, 1.807) is 4.68 Å². The van der Waals surface area contributed by atoms with Gasteiger partial charge in [-0.15, -0.1) is 24.8 Å². The molecule has 0 bridgehead atoms. The number of piperidine rings is 1. The van der Waals surface area contributed by atoms with E-state index < -0.39 is 0 Å². The summed E-state index contributed by atoms with van der Waals surface area (Å²) in [6.45, 7) is 8.89. The molecule has 0 saturated carbocycles. The summed E-state index contributed by atoms with van der Waals surface area (Å²) in [5.74, 6) is 1.89. The number of rotatable bonds is 6. The van der Waals surface area contributed by atoms with Gasteiger partial charge in [-0.1, -0.05) is 37.3 Å². The molecule has 2 aromatic rings. The Bertz CT molecular complexity index is 801. The summed E-state index contributed by atoms with van der Waals surface area (Å²) >= 11 is 0. The first-order chi connectivity index (χ1) is 13.2. The molecule has 2 fully saturated rings. The second kappa shape index (κ2) is 11.2. The molecule has 1 unspecified atom stereocenters. The molecule has 162 valence electrons. The van der Waals surface area contributed by atoms with E-state index in [-0.39, 0.29) is 30.5 Å². The summed E-state index contributed by atoms with van der Waals surface area (Å²) in [6.07, 6.45) is 3.27. The highest BCUT2D eigenvalue weighted by Crippen LogP contribution is 2.24. The lowest BCUT2D eigenvalue weighted by Crippen LogP contribution is -2.31. The van der Waals surface area contributed by atoms with Gasteiger partial charge in [0.25, 0.3) is 0 Å². The third-order valence-electron chi connectivity index (χ3n) is 6.09. The number of hydrogen-bond donors (Lipinski definition) is 1.